The summed E-state index contributed by atoms with van der Waals surface area (Å²) >= 11 is 0. The van der Waals surface area contributed by atoms with Crippen LogP contribution in [0.3, 0.4) is 0 Å². The quantitative estimate of drug-likeness (QED) is 0.839. The third-order valence-corrected chi connectivity index (χ3v) is 3.95. The zero-order valence-electron chi connectivity index (χ0n) is 13.1. The average Bonchev–Trinajstić information content (AvgIpc) is 2.48. The van der Waals surface area contributed by atoms with Gasteiger partial charge in [-0.15, -0.1) is 0 Å². The Balaban J connectivity index is 2.02. The molecule has 1 atom stereocenters. The molecule has 2 rings (SSSR count). The van der Waals surface area contributed by atoms with Crippen molar-refractivity contribution in [2.24, 2.45) is 5.92 Å². The number of halogens is 2. The standard InChI is InChI=1S/C16H24F2N2O2/c1-19-9-13-4-3-7-20(11-13)10-12-5-6-14(21-2)15(8-12)22-16(17)18/h5-6,8,13,16,19H,3-4,7,9-11H2,1-2H3. The Kier molecular flexibility index (Phi) is 6.39. The van der Waals surface area contributed by atoms with Gasteiger partial charge >= 0.3 is 6.61 Å². The highest BCUT2D eigenvalue weighted by molar-refractivity contribution is 5.43. The van der Waals surface area contributed by atoms with Gasteiger partial charge in [-0.25, -0.2) is 0 Å². The first-order valence-corrected chi connectivity index (χ1v) is 7.61. The second-order valence-corrected chi connectivity index (χ2v) is 5.66. The van der Waals surface area contributed by atoms with Crippen LogP contribution in [0.4, 0.5) is 8.78 Å². The molecule has 0 amide bonds. The van der Waals surface area contributed by atoms with E-state index >= 15 is 0 Å². The smallest absolute Gasteiger partial charge is 0.387 e. The molecule has 1 aromatic carbocycles. The zero-order valence-corrected chi connectivity index (χ0v) is 13.1. The van der Waals surface area contributed by atoms with Crippen LogP contribution >= 0.6 is 0 Å². The molecule has 1 unspecified atom stereocenters. The maximum Gasteiger partial charge on any atom is 0.387 e. The predicted molar refractivity (Wildman–Crippen MR) is 81.6 cm³/mol. The van der Waals surface area contributed by atoms with Crippen molar-refractivity contribution < 1.29 is 18.3 Å². The molecule has 1 aliphatic heterocycles. The van der Waals surface area contributed by atoms with Gasteiger partial charge in [-0.05, 0) is 56.6 Å². The molecular weight excluding hydrogens is 290 g/mol. The van der Waals surface area contributed by atoms with Gasteiger partial charge in [0.25, 0.3) is 0 Å². The third kappa shape index (κ3) is 4.81. The number of nitrogens with zero attached hydrogens (tertiary/aromatic N) is 1. The van der Waals surface area contributed by atoms with E-state index in [1.807, 2.05) is 13.1 Å². The minimum absolute atomic E-state index is 0.0961. The van der Waals surface area contributed by atoms with E-state index in [0.29, 0.717) is 11.7 Å². The molecule has 0 aromatic heterocycles. The number of ether oxygens (including phenoxy) is 2. The van der Waals surface area contributed by atoms with Crippen LogP contribution in [0.2, 0.25) is 0 Å². The molecule has 22 heavy (non-hydrogen) atoms. The van der Waals surface area contributed by atoms with Crippen molar-refractivity contribution in [3.63, 3.8) is 0 Å². The minimum Gasteiger partial charge on any atom is -0.493 e. The van der Waals surface area contributed by atoms with Gasteiger partial charge in [0.1, 0.15) is 0 Å². The lowest BCUT2D eigenvalue weighted by molar-refractivity contribution is -0.0512. The van der Waals surface area contributed by atoms with Crippen molar-refractivity contribution in [1.29, 1.82) is 0 Å². The van der Waals surface area contributed by atoms with Crippen LogP contribution in [0.5, 0.6) is 11.5 Å². The molecule has 1 aromatic rings. The lowest BCUT2D eigenvalue weighted by atomic mass is 9.97. The van der Waals surface area contributed by atoms with Crippen molar-refractivity contribution in [2.45, 2.75) is 26.0 Å². The van der Waals surface area contributed by atoms with E-state index in [1.54, 1.807) is 12.1 Å². The minimum atomic E-state index is -2.85. The maximum atomic E-state index is 12.5. The molecule has 0 saturated carbocycles. The molecule has 1 saturated heterocycles. The molecule has 1 heterocycles. The number of piperidine rings is 1. The highest BCUT2D eigenvalue weighted by atomic mass is 19.3. The van der Waals surface area contributed by atoms with Crippen molar-refractivity contribution in [3.05, 3.63) is 23.8 Å². The second kappa shape index (κ2) is 8.29. The molecule has 6 heteroatoms. The molecule has 1 aliphatic rings. The van der Waals surface area contributed by atoms with Crippen molar-refractivity contribution in [3.8, 4) is 11.5 Å². The summed E-state index contributed by atoms with van der Waals surface area (Å²) in [5, 5.41) is 3.22. The number of rotatable bonds is 7. The van der Waals surface area contributed by atoms with Gasteiger partial charge in [-0.3, -0.25) is 4.90 Å². The first-order chi connectivity index (χ1) is 10.6. The number of methoxy groups -OCH3 is 1. The Hall–Kier alpha value is -1.40. The number of benzene rings is 1. The van der Waals surface area contributed by atoms with Crippen LogP contribution in [-0.4, -0.2) is 45.3 Å². The summed E-state index contributed by atoms with van der Waals surface area (Å²) in [5.41, 5.74) is 0.960. The predicted octanol–water partition coefficient (Wildman–Crippen LogP) is 2.73. The first kappa shape index (κ1) is 17.0. The lowest BCUT2D eigenvalue weighted by Gasteiger charge is -2.32. The number of alkyl halides is 2. The summed E-state index contributed by atoms with van der Waals surface area (Å²) in [4.78, 5) is 2.36. The van der Waals surface area contributed by atoms with Gasteiger partial charge < -0.3 is 14.8 Å². The van der Waals surface area contributed by atoms with E-state index in [-0.39, 0.29) is 5.75 Å². The van der Waals surface area contributed by atoms with Gasteiger partial charge in [0.15, 0.2) is 11.5 Å². The number of hydrogen-bond donors (Lipinski definition) is 1. The van der Waals surface area contributed by atoms with Gasteiger partial charge in [-0.1, -0.05) is 6.07 Å². The number of nitrogens with one attached hydrogen (secondary N) is 1. The summed E-state index contributed by atoms with van der Waals surface area (Å²) in [5.74, 6) is 1.07. The van der Waals surface area contributed by atoms with E-state index in [4.69, 9.17) is 4.74 Å². The van der Waals surface area contributed by atoms with Crippen LogP contribution < -0.4 is 14.8 Å². The fourth-order valence-electron chi connectivity index (χ4n) is 3.02. The van der Waals surface area contributed by atoms with E-state index < -0.39 is 6.61 Å². The molecule has 0 aliphatic carbocycles. The molecule has 0 bridgehead atoms. The topological polar surface area (TPSA) is 33.7 Å². The highest BCUT2D eigenvalue weighted by Gasteiger charge is 2.20. The van der Waals surface area contributed by atoms with E-state index in [2.05, 4.69) is 15.0 Å². The number of likely N-dealkylation sites (tertiary alicyclic amines) is 1. The van der Waals surface area contributed by atoms with Crippen LogP contribution in [0.15, 0.2) is 18.2 Å². The average molecular weight is 314 g/mol. The van der Waals surface area contributed by atoms with Crippen LogP contribution in [-0.2, 0) is 6.54 Å². The van der Waals surface area contributed by atoms with Gasteiger partial charge in [-0.2, -0.15) is 8.78 Å². The van der Waals surface area contributed by atoms with E-state index in [9.17, 15) is 8.78 Å². The summed E-state index contributed by atoms with van der Waals surface area (Å²) in [7, 11) is 3.41. The monoisotopic (exact) mass is 314 g/mol. The molecule has 4 nitrogen and oxygen atoms in total. The van der Waals surface area contributed by atoms with Crippen LogP contribution in [0.1, 0.15) is 18.4 Å². The molecular formula is C16H24F2N2O2. The number of hydrogen-bond acceptors (Lipinski definition) is 4. The van der Waals surface area contributed by atoms with Gasteiger partial charge in [0, 0.05) is 13.1 Å². The second-order valence-electron chi connectivity index (χ2n) is 5.66. The summed E-state index contributed by atoms with van der Waals surface area (Å²) in [6.45, 7) is 0.969. The summed E-state index contributed by atoms with van der Waals surface area (Å²) in [6.07, 6.45) is 2.41. The Morgan fingerprint density at radius 2 is 2.18 bits per heavy atom. The summed E-state index contributed by atoms with van der Waals surface area (Å²) < 4.78 is 34.5. The van der Waals surface area contributed by atoms with E-state index in [1.165, 1.54) is 20.0 Å². The zero-order chi connectivity index (χ0) is 15.9. The Labute approximate surface area is 130 Å². The van der Waals surface area contributed by atoms with Crippen LogP contribution in [0.25, 0.3) is 0 Å². The van der Waals surface area contributed by atoms with Crippen molar-refractivity contribution >= 4 is 0 Å². The lowest BCUT2D eigenvalue weighted by Crippen LogP contribution is -2.38. The van der Waals surface area contributed by atoms with E-state index in [0.717, 1.165) is 31.7 Å². The fraction of sp³-hybridized carbons (Fsp3) is 0.625. The normalized spacial score (nSPS) is 19.4. The summed E-state index contributed by atoms with van der Waals surface area (Å²) in [6, 6.07) is 5.23. The Morgan fingerprint density at radius 1 is 1.36 bits per heavy atom. The maximum absolute atomic E-state index is 12.5. The molecule has 0 radical (unpaired) electrons. The Bertz CT molecular complexity index is 469. The molecule has 124 valence electrons. The third-order valence-electron chi connectivity index (χ3n) is 3.95. The fourth-order valence-corrected chi connectivity index (χ4v) is 3.02. The highest BCUT2D eigenvalue weighted by Crippen LogP contribution is 2.30. The molecule has 1 N–H and O–H groups in total. The van der Waals surface area contributed by atoms with Crippen LogP contribution in [0, 0.1) is 5.92 Å². The molecule has 0 spiro atoms. The van der Waals surface area contributed by atoms with Gasteiger partial charge in [0.2, 0.25) is 0 Å². The first-order valence-electron chi connectivity index (χ1n) is 7.61. The van der Waals surface area contributed by atoms with Crippen molar-refractivity contribution in [1.82, 2.24) is 10.2 Å². The SMILES string of the molecule is CNCC1CCCN(Cc2ccc(OC)c(OC(F)F)c2)C1. The van der Waals surface area contributed by atoms with Crippen molar-refractivity contribution in [2.75, 3.05) is 33.8 Å². The Morgan fingerprint density at radius 3 is 2.86 bits per heavy atom. The molecule has 1 fully saturated rings. The largest absolute Gasteiger partial charge is 0.493 e. The van der Waals surface area contributed by atoms with Gasteiger partial charge in [0.05, 0.1) is 7.11 Å².